The van der Waals surface area contributed by atoms with Gasteiger partial charge in [0.05, 0.1) is 30.6 Å². The quantitative estimate of drug-likeness (QED) is 0.641. The molecule has 7 nitrogen and oxygen atoms in total. The van der Waals surface area contributed by atoms with Crippen molar-refractivity contribution in [3.8, 4) is 11.4 Å². The SMILES string of the molecule is COC(=O)c1ccc(CNc2nc(-c3cccnc3)nc(C)c2C)nc1C1CC1. The Morgan fingerprint density at radius 2 is 2.00 bits per heavy atom. The predicted molar refractivity (Wildman–Crippen MR) is 110 cm³/mol. The maximum atomic E-state index is 12.0. The second-order valence-corrected chi connectivity index (χ2v) is 7.20. The number of carbonyl (C=O) groups is 1. The summed E-state index contributed by atoms with van der Waals surface area (Å²) in [5, 5.41) is 3.38. The molecule has 0 aliphatic heterocycles. The molecule has 0 atom stereocenters. The van der Waals surface area contributed by atoms with Gasteiger partial charge < -0.3 is 10.1 Å². The van der Waals surface area contributed by atoms with Crippen molar-refractivity contribution >= 4 is 11.8 Å². The van der Waals surface area contributed by atoms with Gasteiger partial charge in [-0.15, -0.1) is 0 Å². The summed E-state index contributed by atoms with van der Waals surface area (Å²) in [6.45, 7) is 4.47. The predicted octanol–water partition coefficient (Wildman–Crippen LogP) is 3.83. The van der Waals surface area contributed by atoms with Crippen LogP contribution in [0.25, 0.3) is 11.4 Å². The van der Waals surface area contributed by atoms with Crippen molar-refractivity contribution in [2.45, 2.75) is 39.2 Å². The van der Waals surface area contributed by atoms with Gasteiger partial charge in [-0.25, -0.2) is 14.8 Å². The van der Waals surface area contributed by atoms with Gasteiger partial charge in [-0.1, -0.05) is 0 Å². The Morgan fingerprint density at radius 1 is 1.17 bits per heavy atom. The van der Waals surface area contributed by atoms with Crippen LogP contribution in [0.2, 0.25) is 0 Å². The van der Waals surface area contributed by atoms with Crippen LogP contribution in [0.5, 0.6) is 0 Å². The summed E-state index contributed by atoms with van der Waals surface area (Å²) in [7, 11) is 1.40. The first-order valence-corrected chi connectivity index (χ1v) is 9.64. The molecule has 1 aliphatic carbocycles. The molecule has 0 amide bonds. The Kier molecular flexibility index (Phi) is 5.20. The van der Waals surface area contributed by atoms with Gasteiger partial charge in [0, 0.05) is 35.1 Å². The molecule has 1 saturated carbocycles. The summed E-state index contributed by atoms with van der Waals surface area (Å²) < 4.78 is 4.89. The molecule has 148 valence electrons. The molecule has 29 heavy (non-hydrogen) atoms. The number of hydrogen-bond acceptors (Lipinski definition) is 7. The smallest absolute Gasteiger partial charge is 0.339 e. The summed E-state index contributed by atoms with van der Waals surface area (Å²) >= 11 is 0. The van der Waals surface area contributed by atoms with E-state index in [1.807, 2.05) is 38.1 Å². The van der Waals surface area contributed by atoms with E-state index >= 15 is 0 Å². The highest BCUT2D eigenvalue weighted by Gasteiger charge is 2.30. The first-order valence-electron chi connectivity index (χ1n) is 9.64. The van der Waals surface area contributed by atoms with Crippen molar-refractivity contribution in [1.29, 1.82) is 0 Å². The lowest BCUT2D eigenvalue weighted by atomic mass is 10.1. The number of aryl methyl sites for hydroxylation is 1. The minimum absolute atomic E-state index is 0.331. The lowest BCUT2D eigenvalue weighted by molar-refractivity contribution is 0.0598. The van der Waals surface area contributed by atoms with Crippen LogP contribution in [0.15, 0.2) is 36.7 Å². The fraction of sp³-hybridized carbons (Fsp3) is 0.318. The lowest BCUT2D eigenvalue weighted by Crippen LogP contribution is -2.11. The molecular formula is C22H23N5O2. The van der Waals surface area contributed by atoms with Gasteiger partial charge >= 0.3 is 5.97 Å². The minimum Gasteiger partial charge on any atom is -0.465 e. The first kappa shape index (κ1) is 19.0. The van der Waals surface area contributed by atoms with E-state index in [-0.39, 0.29) is 5.97 Å². The maximum absolute atomic E-state index is 12.0. The molecule has 7 heteroatoms. The third kappa shape index (κ3) is 4.08. The Bertz CT molecular complexity index is 1050. The van der Waals surface area contributed by atoms with Gasteiger partial charge in [0.25, 0.3) is 0 Å². The number of ether oxygens (including phenoxy) is 1. The van der Waals surface area contributed by atoms with Crippen molar-refractivity contribution < 1.29 is 9.53 Å². The molecule has 4 rings (SSSR count). The van der Waals surface area contributed by atoms with Crippen LogP contribution < -0.4 is 5.32 Å². The van der Waals surface area contributed by atoms with Crippen molar-refractivity contribution in [2.24, 2.45) is 0 Å². The fourth-order valence-electron chi connectivity index (χ4n) is 3.17. The van der Waals surface area contributed by atoms with Crippen LogP contribution in [0.1, 0.15) is 51.8 Å². The average molecular weight is 389 g/mol. The summed E-state index contributed by atoms with van der Waals surface area (Å²) in [5.41, 5.74) is 5.03. The third-order valence-corrected chi connectivity index (χ3v) is 5.10. The number of pyridine rings is 2. The monoisotopic (exact) mass is 389 g/mol. The molecule has 0 bridgehead atoms. The van der Waals surface area contributed by atoms with Gasteiger partial charge in [-0.2, -0.15) is 0 Å². The van der Waals surface area contributed by atoms with Crippen LogP contribution in [-0.4, -0.2) is 33.0 Å². The van der Waals surface area contributed by atoms with Gasteiger partial charge in [-0.05, 0) is 51.0 Å². The summed E-state index contributed by atoms with van der Waals surface area (Å²) in [6.07, 6.45) is 5.60. The number of nitrogens with zero attached hydrogens (tertiary/aromatic N) is 4. The first-order chi connectivity index (χ1) is 14.1. The second kappa shape index (κ2) is 7.95. The average Bonchev–Trinajstić information content (AvgIpc) is 3.60. The van der Waals surface area contributed by atoms with E-state index in [1.54, 1.807) is 12.4 Å². The summed E-state index contributed by atoms with van der Waals surface area (Å²) in [6, 6.07) is 7.47. The maximum Gasteiger partial charge on any atom is 0.339 e. The standard InChI is InChI=1S/C22H23N5O2/c1-13-14(2)25-21(16-5-4-10-23-11-16)27-20(13)24-12-17-8-9-18(22(28)29-3)19(26-17)15-6-7-15/h4-5,8-11,15H,6-7,12H2,1-3H3,(H,24,25,27). The number of esters is 1. The van der Waals surface area contributed by atoms with E-state index in [9.17, 15) is 4.79 Å². The van der Waals surface area contributed by atoms with E-state index in [0.29, 0.717) is 23.9 Å². The Balaban J connectivity index is 1.58. The van der Waals surface area contributed by atoms with Crippen molar-refractivity contribution in [1.82, 2.24) is 19.9 Å². The van der Waals surface area contributed by atoms with Crippen LogP contribution in [0, 0.1) is 13.8 Å². The molecule has 3 aromatic heterocycles. The highest BCUT2D eigenvalue weighted by atomic mass is 16.5. The zero-order chi connectivity index (χ0) is 20.4. The molecule has 1 fully saturated rings. The van der Waals surface area contributed by atoms with Crippen LogP contribution >= 0.6 is 0 Å². The minimum atomic E-state index is -0.331. The van der Waals surface area contributed by atoms with Gasteiger partial charge in [0.1, 0.15) is 5.82 Å². The van der Waals surface area contributed by atoms with E-state index < -0.39 is 0 Å². The Morgan fingerprint density at radius 3 is 2.69 bits per heavy atom. The van der Waals surface area contributed by atoms with Crippen LogP contribution in [-0.2, 0) is 11.3 Å². The Hall–Kier alpha value is -3.35. The van der Waals surface area contributed by atoms with E-state index in [1.165, 1.54) is 7.11 Å². The number of nitrogens with one attached hydrogen (secondary N) is 1. The summed E-state index contributed by atoms with van der Waals surface area (Å²) in [5.74, 6) is 1.42. The molecule has 1 N–H and O–H groups in total. The largest absolute Gasteiger partial charge is 0.465 e. The third-order valence-electron chi connectivity index (χ3n) is 5.10. The van der Waals surface area contributed by atoms with Gasteiger partial charge in [-0.3, -0.25) is 9.97 Å². The molecule has 3 aromatic rings. The highest BCUT2D eigenvalue weighted by Crippen LogP contribution is 2.40. The van der Waals surface area contributed by atoms with Crippen molar-refractivity contribution in [2.75, 3.05) is 12.4 Å². The van der Waals surface area contributed by atoms with Crippen LogP contribution in [0.4, 0.5) is 5.82 Å². The van der Waals surface area contributed by atoms with Gasteiger partial charge in [0.15, 0.2) is 5.82 Å². The summed E-state index contributed by atoms with van der Waals surface area (Å²) in [4.78, 5) is 30.2. The molecule has 0 saturated heterocycles. The fourth-order valence-corrected chi connectivity index (χ4v) is 3.17. The molecule has 0 radical (unpaired) electrons. The zero-order valence-corrected chi connectivity index (χ0v) is 16.8. The van der Waals surface area contributed by atoms with E-state index in [0.717, 1.165) is 46.9 Å². The number of rotatable bonds is 6. The Labute approximate surface area is 169 Å². The normalized spacial score (nSPS) is 13.2. The van der Waals surface area contributed by atoms with E-state index in [2.05, 4.69) is 20.3 Å². The molecule has 3 heterocycles. The molecule has 0 spiro atoms. The molecule has 1 aliphatic rings. The number of carbonyl (C=O) groups excluding carboxylic acids is 1. The van der Waals surface area contributed by atoms with E-state index in [4.69, 9.17) is 9.72 Å². The second-order valence-electron chi connectivity index (χ2n) is 7.20. The number of hydrogen-bond donors (Lipinski definition) is 1. The lowest BCUT2D eigenvalue weighted by Gasteiger charge is -2.13. The van der Waals surface area contributed by atoms with Crippen LogP contribution in [0.3, 0.4) is 0 Å². The molecule has 0 unspecified atom stereocenters. The number of methoxy groups -OCH3 is 1. The zero-order valence-electron chi connectivity index (χ0n) is 16.8. The molecule has 0 aromatic carbocycles. The van der Waals surface area contributed by atoms with Crippen molar-refractivity contribution in [3.63, 3.8) is 0 Å². The number of aromatic nitrogens is 4. The number of anilines is 1. The topological polar surface area (TPSA) is 89.9 Å². The van der Waals surface area contributed by atoms with Crippen molar-refractivity contribution in [3.05, 3.63) is 64.9 Å². The highest BCUT2D eigenvalue weighted by molar-refractivity contribution is 5.90. The molecular weight excluding hydrogens is 366 g/mol. The van der Waals surface area contributed by atoms with Gasteiger partial charge in [0.2, 0.25) is 0 Å².